The predicted octanol–water partition coefficient (Wildman–Crippen LogP) is 1.56. The first-order chi connectivity index (χ1) is 14.7. The summed E-state index contributed by atoms with van der Waals surface area (Å²) >= 11 is 0. The van der Waals surface area contributed by atoms with Crippen LogP contribution in [0.5, 0.6) is 0 Å². The number of amides is 1. The lowest BCUT2D eigenvalue weighted by atomic mass is 10.1. The fourth-order valence-corrected chi connectivity index (χ4v) is 3.82. The maximum Gasteiger partial charge on any atom is 0.278 e. The zero-order valence-electron chi connectivity index (χ0n) is 17.3. The third-order valence-electron chi connectivity index (χ3n) is 4.50. The van der Waals surface area contributed by atoms with Crippen molar-refractivity contribution < 1.29 is 13.2 Å². The molecule has 1 aromatic carbocycles. The normalized spacial score (nSPS) is 12.5. The second kappa shape index (κ2) is 9.16. The molecule has 0 aliphatic carbocycles. The van der Waals surface area contributed by atoms with Crippen LogP contribution in [0.15, 0.2) is 59.9 Å². The minimum Gasteiger partial charge on any atom is -0.382 e. The molecule has 31 heavy (non-hydrogen) atoms. The molecule has 162 valence electrons. The molecule has 0 spiro atoms. The van der Waals surface area contributed by atoms with E-state index in [4.69, 9.17) is 5.73 Å². The number of nitrogens with two attached hydrogens (primary N) is 1. The van der Waals surface area contributed by atoms with E-state index in [9.17, 15) is 13.2 Å². The Bertz CT molecular complexity index is 1170. The van der Waals surface area contributed by atoms with Crippen LogP contribution in [0.25, 0.3) is 11.3 Å². The van der Waals surface area contributed by atoms with Crippen molar-refractivity contribution in [3.8, 4) is 11.3 Å². The lowest BCUT2D eigenvalue weighted by Crippen LogP contribution is -2.42. The van der Waals surface area contributed by atoms with E-state index in [0.29, 0.717) is 16.9 Å². The van der Waals surface area contributed by atoms with Gasteiger partial charge >= 0.3 is 0 Å². The van der Waals surface area contributed by atoms with Gasteiger partial charge in [-0.15, -0.1) is 0 Å². The molecule has 1 amide bonds. The molecule has 2 heterocycles. The van der Waals surface area contributed by atoms with Gasteiger partial charge in [0.2, 0.25) is 10.0 Å². The van der Waals surface area contributed by atoms with E-state index in [1.807, 2.05) is 0 Å². The third-order valence-corrected chi connectivity index (χ3v) is 6.04. The van der Waals surface area contributed by atoms with Crippen molar-refractivity contribution in [2.24, 2.45) is 0 Å². The van der Waals surface area contributed by atoms with Gasteiger partial charge in [-0.1, -0.05) is 12.1 Å². The molecule has 1 atom stereocenters. The summed E-state index contributed by atoms with van der Waals surface area (Å²) in [5, 5.41) is 2.66. The Morgan fingerprint density at radius 2 is 1.84 bits per heavy atom. The lowest BCUT2D eigenvalue weighted by molar-refractivity contribution is 0.102. The molecule has 0 bridgehead atoms. The van der Waals surface area contributed by atoms with Crippen molar-refractivity contribution in [2.45, 2.75) is 18.0 Å². The fourth-order valence-electron chi connectivity index (χ4n) is 2.53. The highest BCUT2D eigenvalue weighted by Crippen LogP contribution is 2.21. The zero-order valence-corrected chi connectivity index (χ0v) is 18.1. The van der Waals surface area contributed by atoms with Crippen molar-refractivity contribution >= 4 is 27.4 Å². The number of nitrogen functional groups attached to an aromatic ring is 1. The number of hydrogen-bond acceptors (Lipinski definition) is 8. The molecular weight excluding hydrogens is 418 g/mol. The van der Waals surface area contributed by atoms with Crippen LogP contribution in [-0.4, -0.2) is 54.4 Å². The average molecular weight is 442 g/mol. The van der Waals surface area contributed by atoms with Crippen LogP contribution in [-0.2, 0) is 10.0 Å². The number of aromatic nitrogens is 3. The van der Waals surface area contributed by atoms with Gasteiger partial charge < -0.3 is 11.1 Å². The Hall–Kier alpha value is -3.41. The summed E-state index contributed by atoms with van der Waals surface area (Å²) in [7, 11) is -0.132. The Balaban J connectivity index is 1.83. The summed E-state index contributed by atoms with van der Waals surface area (Å²) in [6.07, 6.45) is 4.14. The number of nitrogens with zero attached hydrogens (tertiary/aromatic N) is 4. The quantitative estimate of drug-likeness (QED) is 0.469. The Labute approximate surface area is 180 Å². The Morgan fingerprint density at radius 3 is 2.45 bits per heavy atom. The second-order valence-electron chi connectivity index (χ2n) is 6.97. The summed E-state index contributed by atoms with van der Waals surface area (Å²) in [5.74, 6) is -0.549. The van der Waals surface area contributed by atoms with Gasteiger partial charge in [-0.2, -0.15) is 4.72 Å². The molecule has 1 unspecified atom stereocenters. The number of carbonyl (C=O) groups excluding carboxylic acids is 1. The van der Waals surface area contributed by atoms with Crippen molar-refractivity contribution in [1.82, 2.24) is 24.6 Å². The van der Waals surface area contributed by atoms with Crippen LogP contribution < -0.4 is 15.8 Å². The maximum absolute atomic E-state index is 12.5. The summed E-state index contributed by atoms with van der Waals surface area (Å²) in [4.78, 5) is 26.7. The average Bonchev–Trinajstić information content (AvgIpc) is 2.74. The van der Waals surface area contributed by atoms with Crippen molar-refractivity contribution in [3.05, 3.63) is 60.7 Å². The first-order valence-electron chi connectivity index (χ1n) is 9.30. The molecular formula is C20H23N7O3S. The van der Waals surface area contributed by atoms with Crippen LogP contribution in [0.4, 0.5) is 11.5 Å². The molecule has 0 radical (unpaired) electrons. The third kappa shape index (κ3) is 5.40. The Morgan fingerprint density at radius 1 is 1.13 bits per heavy atom. The Kier molecular flexibility index (Phi) is 6.59. The number of rotatable bonds is 7. The van der Waals surface area contributed by atoms with Crippen LogP contribution in [0, 0.1) is 0 Å². The SMILES string of the molecule is CC(NS(=O)(=O)c1ccc(-c2cnc(N)c(C(=O)Nc3cccnc3)n2)cc1)N(C)C. The van der Waals surface area contributed by atoms with Crippen LogP contribution in [0.1, 0.15) is 17.4 Å². The largest absolute Gasteiger partial charge is 0.382 e. The molecule has 2 aromatic heterocycles. The first-order valence-corrected chi connectivity index (χ1v) is 10.8. The molecule has 0 saturated carbocycles. The van der Waals surface area contributed by atoms with Gasteiger partial charge in [0, 0.05) is 11.8 Å². The minimum atomic E-state index is -3.68. The van der Waals surface area contributed by atoms with Gasteiger partial charge in [-0.25, -0.2) is 18.4 Å². The number of sulfonamides is 1. The summed E-state index contributed by atoms with van der Waals surface area (Å²) < 4.78 is 27.6. The number of hydrogen-bond donors (Lipinski definition) is 3. The molecule has 3 rings (SSSR count). The molecule has 4 N–H and O–H groups in total. The maximum atomic E-state index is 12.5. The van der Waals surface area contributed by atoms with E-state index < -0.39 is 15.9 Å². The van der Waals surface area contributed by atoms with Crippen LogP contribution in [0.3, 0.4) is 0 Å². The van der Waals surface area contributed by atoms with Gasteiger partial charge in [-0.3, -0.25) is 14.7 Å². The van der Waals surface area contributed by atoms with Gasteiger partial charge in [0.15, 0.2) is 11.5 Å². The van der Waals surface area contributed by atoms with Crippen molar-refractivity contribution in [1.29, 1.82) is 0 Å². The highest BCUT2D eigenvalue weighted by atomic mass is 32.2. The van der Waals surface area contributed by atoms with E-state index in [1.165, 1.54) is 24.5 Å². The standard InChI is InChI=1S/C20H23N7O3S/c1-13(27(2)3)26-31(29,30)16-8-6-14(7-9-16)17-12-23-19(21)18(25-17)20(28)24-15-5-4-10-22-11-15/h4-13,26H,1-3H3,(H2,21,23)(H,24,28). The lowest BCUT2D eigenvalue weighted by Gasteiger charge is -2.21. The second-order valence-corrected chi connectivity index (χ2v) is 8.68. The highest BCUT2D eigenvalue weighted by molar-refractivity contribution is 7.89. The number of benzene rings is 1. The highest BCUT2D eigenvalue weighted by Gasteiger charge is 2.19. The molecule has 11 heteroatoms. The van der Waals surface area contributed by atoms with E-state index in [2.05, 4.69) is 25.0 Å². The molecule has 0 fully saturated rings. The first kappa shape index (κ1) is 22.3. The molecule has 10 nitrogen and oxygen atoms in total. The summed E-state index contributed by atoms with van der Waals surface area (Å²) in [6.45, 7) is 1.74. The fraction of sp³-hybridized carbons (Fsp3) is 0.200. The van der Waals surface area contributed by atoms with Gasteiger partial charge in [0.1, 0.15) is 0 Å². The predicted molar refractivity (Wildman–Crippen MR) is 118 cm³/mol. The summed E-state index contributed by atoms with van der Waals surface area (Å²) in [6, 6.07) is 9.49. The molecule has 0 saturated heterocycles. The van der Waals surface area contributed by atoms with E-state index in [1.54, 1.807) is 56.4 Å². The van der Waals surface area contributed by atoms with E-state index in [-0.39, 0.29) is 22.6 Å². The minimum absolute atomic E-state index is 0.0220. The van der Waals surface area contributed by atoms with Gasteiger partial charge in [0.25, 0.3) is 5.91 Å². The monoisotopic (exact) mass is 441 g/mol. The number of pyridine rings is 1. The molecule has 0 aliphatic rings. The van der Waals surface area contributed by atoms with E-state index in [0.717, 1.165) is 0 Å². The topological polar surface area (TPSA) is 143 Å². The van der Waals surface area contributed by atoms with Gasteiger partial charge in [-0.05, 0) is 45.3 Å². The van der Waals surface area contributed by atoms with E-state index >= 15 is 0 Å². The number of nitrogens with one attached hydrogen (secondary N) is 2. The van der Waals surface area contributed by atoms with Crippen LogP contribution in [0.2, 0.25) is 0 Å². The van der Waals surface area contributed by atoms with Crippen LogP contribution >= 0.6 is 0 Å². The van der Waals surface area contributed by atoms with Crippen molar-refractivity contribution in [3.63, 3.8) is 0 Å². The zero-order chi connectivity index (χ0) is 22.6. The number of anilines is 2. The van der Waals surface area contributed by atoms with Crippen molar-refractivity contribution in [2.75, 3.05) is 25.1 Å². The molecule has 0 aliphatic heterocycles. The number of carbonyl (C=O) groups is 1. The van der Waals surface area contributed by atoms with Gasteiger partial charge in [0.05, 0.1) is 34.8 Å². The smallest absolute Gasteiger partial charge is 0.278 e. The molecule has 3 aromatic rings. The summed E-state index contributed by atoms with van der Waals surface area (Å²) in [5.41, 5.74) is 7.25.